The summed E-state index contributed by atoms with van der Waals surface area (Å²) in [5, 5.41) is 0. The first kappa shape index (κ1) is 12.2. The average molecular weight is 232 g/mol. The van der Waals surface area contributed by atoms with Crippen molar-refractivity contribution in [2.75, 3.05) is 6.61 Å². The van der Waals surface area contributed by atoms with Crippen LogP contribution in [0.15, 0.2) is 12.3 Å². The number of nitrogens with zero attached hydrogens (tertiary/aromatic N) is 1. The van der Waals surface area contributed by atoms with Crippen molar-refractivity contribution in [3.05, 3.63) is 23.6 Å². The van der Waals surface area contributed by atoms with Gasteiger partial charge in [0.05, 0.1) is 18.7 Å². The van der Waals surface area contributed by atoms with E-state index in [2.05, 4.69) is 18.8 Å². The molecule has 1 rings (SSSR count). The van der Waals surface area contributed by atoms with E-state index in [0.717, 1.165) is 12.6 Å². The van der Waals surface area contributed by atoms with Gasteiger partial charge in [0.15, 0.2) is 0 Å². The number of rotatable bonds is 5. The Morgan fingerprint density at radius 2 is 2.27 bits per heavy atom. The van der Waals surface area contributed by atoms with Crippen molar-refractivity contribution >= 4 is 11.6 Å². The van der Waals surface area contributed by atoms with Crippen molar-refractivity contribution in [3.63, 3.8) is 0 Å². The summed E-state index contributed by atoms with van der Waals surface area (Å²) in [5.74, 6) is 0.834. The Hall–Kier alpha value is -0.830. The van der Waals surface area contributed by atoms with Crippen molar-refractivity contribution in [3.8, 4) is 5.88 Å². The van der Waals surface area contributed by atoms with Gasteiger partial charge in [0, 0.05) is 5.56 Å². The van der Waals surface area contributed by atoms with Crippen molar-refractivity contribution in [1.29, 1.82) is 0 Å². The molecular formula is C11H15ClFNO. The highest BCUT2D eigenvalue weighted by Crippen LogP contribution is 2.18. The molecule has 0 unspecified atom stereocenters. The van der Waals surface area contributed by atoms with Crippen LogP contribution in [0.5, 0.6) is 5.88 Å². The molecule has 0 N–H and O–H groups in total. The van der Waals surface area contributed by atoms with Crippen LogP contribution in [0, 0.1) is 11.7 Å². The summed E-state index contributed by atoms with van der Waals surface area (Å²) < 4.78 is 18.2. The molecule has 84 valence electrons. The lowest BCUT2D eigenvalue weighted by Gasteiger charge is -2.09. The summed E-state index contributed by atoms with van der Waals surface area (Å²) in [4.78, 5) is 3.86. The molecule has 0 fully saturated rings. The largest absolute Gasteiger partial charge is 0.477 e. The van der Waals surface area contributed by atoms with Gasteiger partial charge in [-0.05, 0) is 18.4 Å². The van der Waals surface area contributed by atoms with Crippen molar-refractivity contribution < 1.29 is 9.13 Å². The van der Waals surface area contributed by atoms with Gasteiger partial charge in [-0.25, -0.2) is 9.37 Å². The molecule has 0 amide bonds. The molecule has 0 aliphatic heterocycles. The van der Waals surface area contributed by atoms with E-state index in [-0.39, 0.29) is 11.7 Å². The molecule has 0 spiro atoms. The van der Waals surface area contributed by atoms with Gasteiger partial charge in [0.2, 0.25) is 5.88 Å². The minimum absolute atomic E-state index is 0.210. The fraction of sp³-hybridized carbons (Fsp3) is 0.545. The number of hydrogen-bond acceptors (Lipinski definition) is 2. The maximum atomic E-state index is 12.8. The van der Waals surface area contributed by atoms with Gasteiger partial charge in [0.25, 0.3) is 0 Å². The topological polar surface area (TPSA) is 22.1 Å². The summed E-state index contributed by atoms with van der Waals surface area (Å²) in [5.41, 5.74) is 0.598. The van der Waals surface area contributed by atoms with Crippen LogP contribution < -0.4 is 4.74 Å². The average Bonchev–Trinajstić information content (AvgIpc) is 2.19. The molecule has 0 aliphatic carbocycles. The van der Waals surface area contributed by atoms with Crippen LogP contribution in [0.3, 0.4) is 0 Å². The quantitative estimate of drug-likeness (QED) is 0.725. The second-order valence-electron chi connectivity index (χ2n) is 3.78. The van der Waals surface area contributed by atoms with Crippen LogP contribution in [0.2, 0.25) is 0 Å². The number of hydrogen-bond donors (Lipinski definition) is 0. The van der Waals surface area contributed by atoms with Gasteiger partial charge >= 0.3 is 0 Å². The standard InChI is InChI=1S/C11H15ClFNO/c1-8(2)3-4-15-11-9(6-12)5-10(13)7-14-11/h5,7-8H,3-4,6H2,1-2H3. The maximum Gasteiger partial charge on any atom is 0.217 e. The normalized spacial score (nSPS) is 10.7. The summed E-state index contributed by atoms with van der Waals surface area (Å²) >= 11 is 5.66. The third-order valence-electron chi connectivity index (χ3n) is 1.97. The third kappa shape index (κ3) is 4.04. The SMILES string of the molecule is CC(C)CCOc1ncc(F)cc1CCl. The van der Waals surface area contributed by atoms with E-state index in [4.69, 9.17) is 16.3 Å². The lowest BCUT2D eigenvalue weighted by atomic mass is 10.1. The predicted octanol–water partition coefficient (Wildman–Crippen LogP) is 3.38. The Bertz CT molecular complexity index is 317. The lowest BCUT2D eigenvalue weighted by molar-refractivity contribution is 0.276. The Labute approximate surface area is 94.4 Å². The van der Waals surface area contributed by atoms with E-state index in [1.807, 2.05) is 0 Å². The van der Waals surface area contributed by atoms with E-state index in [1.54, 1.807) is 0 Å². The predicted molar refractivity (Wildman–Crippen MR) is 58.7 cm³/mol. The molecular weight excluding hydrogens is 217 g/mol. The van der Waals surface area contributed by atoms with Crippen LogP contribution in [-0.2, 0) is 5.88 Å². The Morgan fingerprint density at radius 3 is 2.87 bits per heavy atom. The highest BCUT2D eigenvalue weighted by atomic mass is 35.5. The van der Waals surface area contributed by atoms with E-state index in [0.29, 0.717) is 24.0 Å². The summed E-state index contributed by atoms with van der Waals surface area (Å²) in [6.45, 7) is 4.81. The van der Waals surface area contributed by atoms with Gasteiger partial charge in [-0.2, -0.15) is 0 Å². The molecule has 0 aromatic carbocycles. The fourth-order valence-electron chi connectivity index (χ4n) is 1.09. The van der Waals surface area contributed by atoms with E-state index >= 15 is 0 Å². The van der Waals surface area contributed by atoms with Crippen molar-refractivity contribution in [2.45, 2.75) is 26.1 Å². The lowest BCUT2D eigenvalue weighted by Crippen LogP contribution is -2.04. The second kappa shape index (κ2) is 5.91. The summed E-state index contributed by atoms with van der Waals surface area (Å²) in [6.07, 6.45) is 2.08. The minimum atomic E-state index is -0.387. The molecule has 0 radical (unpaired) electrons. The molecule has 1 aromatic heterocycles. The van der Waals surface area contributed by atoms with Crippen LogP contribution in [0.25, 0.3) is 0 Å². The van der Waals surface area contributed by atoms with Crippen molar-refractivity contribution in [1.82, 2.24) is 4.98 Å². The first-order valence-corrected chi connectivity index (χ1v) is 5.50. The summed E-state index contributed by atoms with van der Waals surface area (Å²) in [6, 6.07) is 1.35. The molecule has 0 saturated heterocycles. The van der Waals surface area contributed by atoms with Gasteiger partial charge in [0.1, 0.15) is 5.82 Å². The van der Waals surface area contributed by atoms with E-state index < -0.39 is 0 Å². The zero-order valence-corrected chi connectivity index (χ0v) is 9.72. The zero-order chi connectivity index (χ0) is 11.3. The molecule has 0 atom stereocenters. The van der Waals surface area contributed by atoms with Crippen LogP contribution >= 0.6 is 11.6 Å². The summed E-state index contributed by atoms with van der Waals surface area (Å²) in [7, 11) is 0. The van der Waals surface area contributed by atoms with Crippen LogP contribution in [-0.4, -0.2) is 11.6 Å². The van der Waals surface area contributed by atoms with Gasteiger partial charge < -0.3 is 4.74 Å². The molecule has 0 saturated carbocycles. The van der Waals surface area contributed by atoms with Gasteiger partial charge in [-0.3, -0.25) is 0 Å². The Morgan fingerprint density at radius 1 is 1.53 bits per heavy atom. The molecule has 2 nitrogen and oxygen atoms in total. The van der Waals surface area contributed by atoms with Gasteiger partial charge in [-0.1, -0.05) is 13.8 Å². The first-order valence-electron chi connectivity index (χ1n) is 4.96. The fourth-order valence-corrected chi connectivity index (χ4v) is 1.28. The minimum Gasteiger partial charge on any atom is -0.477 e. The number of pyridine rings is 1. The molecule has 0 aliphatic rings. The third-order valence-corrected chi connectivity index (χ3v) is 2.26. The Kier molecular flexibility index (Phi) is 4.82. The number of ether oxygens (including phenoxy) is 1. The molecule has 1 aromatic rings. The number of halogens is 2. The highest BCUT2D eigenvalue weighted by Gasteiger charge is 2.06. The molecule has 0 bridgehead atoms. The maximum absolute atomic E-state index is 12.8. The van der Waals surface area contributed by atoms with E-state index in [1.165, 1.54) is 6.07 Å². The second-order valence-corrected chi connectivity index (χ2v) is 4.05. The smallest absolute Gasteiger partial charge is 0.217 e. The number of aromatic nitrogens is 1. The van der Waals surface area contributed by atoms with Crippen LogP contribution in [0.1, 0.15) is 25.8 Å². The zero-order valence-electron chi connectivity index (χ0n) is 8.96. The van der Waals surface area contributed by atoms with E-state index in [9.17, 15) is 4.39 Å². The molecule has 1 heterocycles. The molecule has 4 heteroatoms. The molecule has 15 heavy (non-hydrogen) atoms. The highest BCUT2D eigenvalue weighted by molar-refractivity contribution is 6.17. The monoisotopic (exact) mass is 231 g/mol. The first-order chi connectivity index (χ1) is 7.13. The Balaban J connectivity index is 2.60. The number of alkyl halides is 1. The van der Waals surface area contributed by atoms with Gasteiger partial charge in [-0.15, -0.1) is 11.6 Å². The van der Waals surface area contributed by atoms with Crippen molar-refractivity contribution in [2.24, 2.45) is 5.92 Å². The van der Waals surface area contributed by atoms with Crippen LogP contribution in [0.4, 0.5) is 4.39 Å².